The second kappa shape index (κ2) is 7.03. The molecule has 0 aliphatic carbocycles. The van der Waals surface area contributed by atoms with Gasteiger partial charge in [-0.3, -0.25) is 0 Å². The Hall–Kier alpha value is -0.910. The summed E-state index contributed by atoms with van der Waals surface area (Å²) >= 11 is 0. The van der Waals surface area contributed by atoms with E-state index in [0.29, 0.717) is 11.4 Å². The fourth-order valence-electron chi connectivity index (χ4n) is 2.19. The van der Waals surface area contributed by atoms with E-state index in [2.05, 4.69) is 5.32 Å². The van der Waals surface area contributed by atoms with Gasteiger partial charge in [0.1, 0.15) is 0 Å². The molecule has 0 saturated carbocycles. The molecule has 0 aromatic heterocycles. The minimum Gasteiger partial charge on any atom is -0.316 e. The van der Waals surface area contributed by atoms with Gasteiger partial charge in [0.25, 0.3) is 0 Å². The molecule has 1 N–H and O–H groups in total. The number of nitrogens with one attached hydrogen (secondary N) is 1. The van der Waals surface area contributed by atoms with E-state index in [1.807, 2.05) is 27.0 Å². The van der Waals surface area contributed by atoms with Gasteiger partial charge in [0, 0.05) is 19.6 Å². The van der Waals surface area contributed by atoms with E-state index in [4.69, 9.17) is 0 Å². The van der Waals surface area contributed by atoms with Crippen LogP contribution in [-0.4, -0.2) is 32.9 Å². The van der Waals surface area contributed by atoms with E-state index in [1.54, 1.807) is 25.2 Å². The van der Waals surface area contributed by atoms with Gasteiger partial charge < -0.3 is 5.32 Å². The normalized spacial score (nSPS) is 12.3. The first-order valence-electron chi connectivity index (χ1n) is 6.68. The van der Waals surface area contributed by atoms with Crippen LogP contribution in [0, 0.1) is 0 Å². The van der Waals surface area contributed by atoms with Crippen LogP contribution in [0.2, 0.25) is 0 Å². The molecule has 0 amide bonds. The molecule has 1 rings (SSSR count). The molecule has 0 aliphatic rings. The van der Waals surface area contributed by atoms with Crippen molar-refractivity contribution in [3.63, 3.8) is 0 Å². The highest BCUT2D eigenvalue weighted by Gasteiger charge is 2.25. The van der Waals surface area contributed by atoms with Crippen molar-refractivity contribution >= 4 is 10.0 Å². The van der Waals surface area contributed by atoms with Crippen LogP contribution in [0.5, 0.6) is 0 Å². The standard InChI is InChI=1S/C14H24N2O2S/c1-5-13(6-2)16(4)19(17,18)14-9-7-8-12(10-14)11-15-3/h7-10,13,15H,5-6,11H2,1-4H3. The molecule has 1 aromatic carbocycles. The van der Waals surface area contributed by atoms with Gasteiger partial charge in [-0.15, -0.1) is 0 Å². The molecule has 0 fully saturated rings. The molecule has 0 heterocycles. The van der Waals surface area contributed by atoms with Crippen LogP contribution < -0.4 is 5.32 Å². The third kappa shape index (κ3) is 3.78. The van der Waals surface area contributed by atoms with Crippen molar-refractivity contribution in [2.75, 3.05) is 14.1 Å². The minimum absolute atomic E-state index is 0.0537. The zero-order valence-electron chi connectivity index (χ0n) is 12.2. The van der Waals surface area contributed by atoms with Crippen LogP contribution >= 0.6 is 0 Å². The fraction of sp³-hybridized carbons (Fsp3) is 0.571. The monoisotopic (exact) mass is 284 g/mol. The number of sulfonamides is 1. The van der Waals surface area contributed by atoms with E-state index < -0.39 is 10.0 Å². The van der Waals surface area contributed by atoms with Gasteiger partial charge in [-0.05, 0) is 37.6 Å². The van der Waals surface area contributed by atoms with Crippen molar-refractivity contribution in [2.45, 2.75) is 44.2 Å². The van der Waals surface area contributed by atoms with Crippen molar-refractivity contribution in [2.24, 2.45) is 0 Å². The second-order valence-corrected chi connectivity index (χ2v) is 6.67. The summed E-state index contributed by atoms with van der Waals surface area (Å²) in [5, 5.41) is 3.03. The summed E-state index contributed by atoms with van der Waals surface area (Å²) in [5.74, 6) is 0. The van der Waals surface area contributed by atoms with Crippen LogP contribution in [0.15, 0.2) is 29.2 Å². The molecule has 5 heteroatoms. The van der Waals surface area contributed by atoms with Crippen LogP contribution in [0.1, 0.15) is 32.3 Å². The van der Waals surface area contributed by atoms with Gasteiger partial charge in [0.2, 0.25) is 10.0 Å². The first-order valence-corrected chi connectivity index (χ1v) is 8.12. The highest BCUT2D eigenvalue weighted by molar-refractivity contribution is 7.89. The van der Waals surface area contributed by atoms with E-state index in [0.717, 1.165) is 18.4 Å². The summed E-state index contributed by atoms with van der Waals surface area (Å²) in [4.78, 5) is 0.370. The summed E-state index contributed by atoms with van der Waals surface area (Å²) in [6.45, 7) is 4.69. The maximum absolute atomic E-state index is 12.6. The molecule has 0 spiro atoms. The lowest BCUT2D eigenvalue weighted by molar-refractivity contribution is 0.349. The van der Waals surface area contributed by atoms with Gasteiger partial charge in [0.05, 0.1) is 4.90 Å². The molecule has 0 bridgehead atoms. The smallest absolute Gasteiger partial charge is 0.243 e. The first kappa shape index (κ1) is 16.1. The van der Waals surface area contributed by atoms with Crippen molar-refractivity contribution in [3.8, 4) is 0 Å². The highest BCUT2D eigenvalue weighted by atomic mass is 32.2. The number of hydrogen-bond donors (Lipinski definition) is 1. The Balaban J connectivity index is 3.08. The lowest BCUT2D eigenvalue weighted by Gasteiger charge is -2.25. The summed E-state index contributed by atoms with van der Waals surface area (Å²) in [5.41, 5.74) is 0.974. The number of rotatable bonds is 7. The zero-order chi connectivity index (χ0) is 14.5. The summed E-state index contributed by atoms with van der Waals surface area (Å²) in [7, 11) is 0.112. The minimum atomic E-state index is -3.40. The first-order chi connectivity index (χ1) is 8.97. The lowest BCUT2D eigenvalue weighted by atomic mass is 10.2. The summed E-state index contributed by atoms with van der Waals surface area (Å²) < 4.78 is 26.6. The van der Waals surface area contributed by atoms with Gasteiger partial charge in [-0.25, -0.2) is 8.42 Å². The Kier molecular flexibility index (Phi) is 5.97. The second-order valence-electron chi connectivity index (χ2n) is 4.67. The van der Waals surface area contributed by atoms with E-state index in [1.165, 1.54) is 4.31 Å². The molecule has 4 nitrogen and oxygen atoms in total. The molecule has 19 heavy (non-hydrogen) atoms. The van der Waals surface area contributed by atoms with Crippen molar-refractivity contribution in [1.82, 2.24) is 9.62 Å². The Bertz CT molecular complexity index is 496. The topological polar surface area (TPSA) is 49.4 Å². The Morgan fingerprint density at radius 2 is 1.89 bits per heavy atom. The van der Waals surface area contributed by atoms with Crippen LogP contribution in [0.25, 0.3) is 0 Å². The molecule has 0 unspecified atom stereocenters. The van der Waals surface area contributed by atoms with Crippen LogP contribution in [0.3, 0.4) is 0 Å². The molecular weight excluding hydrogens is 260 g/mol. The number of hydrogen-bond acceptors (Lipinski definition) is 3. The molecular formula is C14H24N2O2S. The van der Waals surface area contributed by atoms with Gasteiger partial charge in [-0.1, -0.05) is 26.0 Å². The third-order valence-electron chi connectivity index (χ3n) is 3.41. The van der Waals surface area contributed by atoms with E-state index in [-0.39, 0.29) is 6.04 Å². The maximum Gasteiger partial charge on any atom is 0.243 e. The average molecular weight is 284 g/mol. The van der Waals surface area contributed by atoms with Gasteiger partial charge >= 0.3 is 0 Å². The molecule has 108 valence electrons. The SMILES string of the molecule is CCC(CC)N(C)S(=O)(=O)c1cccc(CNC)c1. The average Bonchev–Trinajstić information content (AvgIpc) is 2.40. The lowest BCUT2D eigenvalue weighted by Crippen LogP contribution is -2.36. The third-order valence-corrected chi connectivity index (χ3v) is 5.32. The van der Waals surface area contributed by atoms with Crippen LogP contribution in [0.4, 0.5) is 0 Å². The predicted molar refractivity (Wildman–Crippen MR) is 78.5 cm³/mol. The Morgan fingerprint density at radius 1 is 1.26 bits per heavy atom. The highest BCUT2D eigenvalue weighted by Crippen LogP contribution is 2.20. The summed E-state index contributed by atoms with van der Waals surface area (Å²) in [6.07, 6.45) is 1.64. The quantitative estimate of drug-likeness (QED) is 0.835. The Labute approximate surface area is 116 Å². The fourth-order valence-corrected chi connectivity index (χ4v) is 3.76. The van der Waals surface area contributed by atoms with Gasteiger partial charge in [-0.2, -0.15) is 4.31 Å². The molecule has 0 saturated heterocycles. The predicted octanol–water partition coefficient (Wildman–Crippen LogP) is 2.22. The summed E-state index contributed by atoms with van der Waals surface area (Å²) in [6, 6.07) is 7.17. The van der Waals surface area contributed by atoms with E-state index in [9.17, 15) is 8.42 Å². The van der Waals surface area contributed by atoms with E-state index >= 15 is 0 Å². The van der Waals surface area contributed by atoms with Crippen molar-refractivity contribution in [1.29, 1.82) is 0 Å². The van der Waals surface area contributed by atoms with Crippen molar-refractivity contribution in [3.05, 3.63) is 29.8 Å². The Morgan fingerprint density at radius 3 is 2.42 bits per heavy atom. The van der Waals surface area contributed by atoms with Crippen LogP contribution in [-0.2, 0) is 16.6 Å². The molecule has 0 atom stereocenters. The molecule has 0 aliphatic heterocycles. The number of nitrogens with zero attached hydrogens (tertiary/aromatic N) is 1. The van der Waals surface area contributed by atoms with Crippen molar-refractivity contribution < 1.29 is 8.42 Å². The zero-order valence-corrected chi connectivity index (χ0v) is 13.0. The number of benzene rings is 1. The molecule has 0 radical (unpaired) electrons. The largest absolute Gasteiger partial charge is 0.316 e. The van der Waals surface area contributed by atoms with Gasteiger partial charge in [0.15, 0.2) is 0 Å². The maximum atomic E-state index is 12.6. The molecule has 1 aromatic rings.